The highest BCUT2D eigenvalue weighted by molar-refractivity contribution is 5.91. The fraction of sp³-hybridized carbons (Fsp3) is 0.714. The summed E-state index contributed by atoms with van der Waals surface area (Å²) in [7, 11) is 0. The van der Waals surface area contributed by atoms with Crippen LogP contribution in [0.15, 0.2) is 10.6 Å². The number of piperidine rings is 1. The Balaban J connectivity index is 1.94. The van der Waals surface area contributed by atoms with E-state index in [1.165, 1.54) is 26.3 Å². The van der Waals surface area contributed by atoms with Crippen LogP contribution in [0.25, 0.3) is 0 Å². The number of Topliss-reactive ketones (excluding diaryl/α,β-unsaturated/α-hetero) is 1. The second-order valence-corrected chi connectivity index (χ2v) is 5.54. The van der Waals surface area contributed by atoms with Gasteiger partial charge in [0.2, 0.25) is 0 Å². The maximum absolute atomic E-state index is 11.2. The molecule has 2 heterocycles. The zero-order valence-electron chi connectivity index (χ0n) is 11.5. The van der Waals surface area contributed by atoms with Crippen LogP contribution in [0.1, 0.15) is 49.9 Å². The van der Waals surface area contributed by atoms with Crippen molar-refractivity contribution in [2.45, 2.75) is 46.1 Å². The van der Waals surface area contributed by atoms with Crippen molar-refractivity contribution in [1.29, 1.82) is 0 Å². The van der Waals surface area contributed by atoms with Crippen LogP contribution in [0.5, 0.6) is 0 Å². The van der Waals surface area contributed by atoms with Crippen molar-refractivity contribution in [3.63, 3.8) is 0 Å². The highest BCUT2D eigenvalue weighted by atomic mass is 16.5. The van der Waals surface area contributed by atoms with Gasteiger partial charge in [-0.05, 0) is 39.2 Å². The van der Waals surface area contributed by atoms with E-state index in [2.05, 4.69) is 23.9 Å². The Morgan fingerprint density at radius 3 is 3.00 bits per heavy atom. The smallest absolute Gasteiger partial charge is 0.181 e. The van der Waals surface area contributed by atoms with Crippen molar-refractivity contribution >= 4 is 5.78 Å². The molecule has 1 aliphatic heterocycles. The van der Waals surface area contributed by atoms with Gasteiger partial charge in [-0.2, -0.15) is 0 Å². The normalized spacial score (nSPS) is 21.4. The molecule has 1 aliphatic rings. The largest absolute Gasteiger partial charge is 0.361 e. The Labute approximate surface area is 108 Å². The third-order valence-corrected chi connectivity index (χ3v) is 3.69. The Morgan fingerprint density at radius 2 is 2.39 bits per heavy atom. The molecule has 0 N–H and O–H groups in total. The molecule has 1 unspecified atom stereocenters. The molecule has 100 valence electrons. The van der Waals surface area contributed by atoms with Gasteiger partial charge in [-0.3, -0.25) is 4.79 Å². The molecule has 0 amide bonds. The fourth-order valence-electron chi connectivity index (χ4n) is 2.59. The molecule has 1 saturated heterocycles. The second-order valence-electron chi connectivity index (χ2n) is 5.54. The van der Waals surface area contributed by atoms with E-state index in [1.54, 1.807) is 6.07 Å². The highest BCUT2D eigenvalue weighted by Gasteiger charge is 2.23. The lowest BCUT2D eigenvalue weighted by atomic mass is 9.93. The Hall–Kier alpha value is -1.16. The van der Waals surface area contributed by atoms with E-state index in [-0.39, 0.29) is 5.78 Å². The molecule has 18 heavy (non-hydrogen) atoms. The Morgan fingerprint density at radius 1 is 1.61 bits per heavy atom. The van der Waals surface area contributed by atoms with Gasteiger partial charge in [0.1, 0.15) is 11.5 Å². The van der Waals surface area contributed by atoms with Crippen LogP contribution in [0, 0.1) is 5.92 Å². The average Bonchev–Trinajstić information content (AvgIpc) is 2.78. The molecule has 0 bridgehead atoms. The van der Waals surface area contributed by atoms with Crippen molar-refractivity contribution in [3.05, 3.63) is 17.5 Å². The minimum atomic E-state index is -0.0301. The van der Waals surface area contributed by atoms with Gasteiger partial charge in [-0.15, -0.1) is 0 Å². The van der Waals surface area contributed by atoms with Crippen LogP contribution in [-0.4, -0.2) is 35.0 Å². The molecule has 0 aromatic carbocycles. The lowest BCUT2D eigenvalue weighted by molar-refractivity contribution is 0.100. The van der Waals surface area contributed by atoms with Crippen LogP contribution in [0.3, 0.4) is 0 Å². The summed E-state index contributed by atoms with van der Waals surface area (Å²) in [6.45, 7) is 8.31. The van der Waals surface area contributed by atoms with Gasteiger partial charge in [0.25, 0.3) is 0 Å². The standard InChI is InChI=1S/C14H22N2O2/c1-10(2)16-6-4-5-12(9-16)7-13-8-14(11(3)17)15-18-13/h8,10,12H,4-7,9H2,1-3H3. The fourth-order valence-corrected chi connectivity index (χ4v) is 2.59. The third-order valence-electron chi connectivity index (χ3n) is 3.69. The minimum Gasteiger partial charge on any atom is -0.361 e. The van der Waals surface area contributed by atoms with E-state index in [9.17, 15) is 4.79 Å². The molecule has 1 aromatic rings. The number of hydrogen-bond donors (Lipinski definition) is 0. The number of nitrogens with zero attached hydrogens (tertiary/aromatic N) is 2. The van der Waals surface area contributed by atoms with Crippen LogP contribution in [-0.2, 0) is 6.42 Å². The molecular weight excluding hydrogens is 228 g/mol. The van der Waals surface area contributed by atoms with E-state index in [4.69, 9.17) is 4.52 Å². The van der Waals surface area contributed by atoms with Gasteiger partial charge in [-0.1, -0.05) is 5.16 Å². The van der Waals surface area contributed by atoms with E-state index in [0.29, 0.717) is 17.7 Å². The summed E-state index contributed by atoms with van der Waals surface area (Å²) in [4.78, 5) is 13.7. The molecule has 0 spiro atoms. The summed E-state index contributed by atoms with van der Waals surface area (Å²) >= 11 is 0. The van der Waals surface area contributed by atoms with Crippen LogP contribution >= 0.6 is 0 Å². The summed E-state index contributed by atoms with van der Waals surface area (Å²) in [5, 5.41) is 3.80. The number of ketones is 1. The summed E-state index contributed by atoms with van der Waals surface area (Å²) in [5.41, 5.74) is 0.446. The molecule has 0 saturated carbocycles. The van der Waals surface area contributed by atoms with Crippen molar-refractivity contribution in [1.82, 2.24) is 10.1 Å². The third kappa shape index (κ3) is 3.19. The first-order valence-electron chi connectivity index (χ1n) is 6.77. The van der Waals surface area contributed by atoms with Crippen molar-refractivity contribution < 1.29 is 9.32 Å². The first-order chi connectivity index (χ1) is 8.56. The monoisotopic (exact) mass is 250 g/mol. The van der Waals surface area contributed by atoms with Gasteiger partial charge in [0.05, 0.1) is 0 Å². The first kappa shape index (κ1) is 13.3. The zero-order valence-corrected chi connectivity index (χ0v) is 11.5. The number of carbonyl (C=O) groups is 1. The van der Waals surface area contributed by atoms with E-state index in [1.807, 2.05) is 0 Å². The summed E-state index contributed by atoms with van der Waals surface area (Å²) < 4.78 is 5.24. The number of hydrogen-bond acceptors (Lipinski definition) is 4. The number of rotatable bonds is 4. The van der Waals surface area contributed by atoms with E-state index < -0.39 is 0 Å². The maximum atomic E-state index is 11.2. The quantitative estimate of drug-likeness (QED) is 0.770. The molecule has 1 fully saturated rings. The maximum Gasteiger partial charge on any atom is 0.181 e. The average molecular weight is 250 g/mol. The highest BCUT2D eigenvalue weighted by Crippen LogP contribution is 2.22. The molecule has 4 heteroatoms. The predicted molar refractivity (Wildman–Crippen MR) is 69.6 cm³/mol. The predicted octanol–water partition coefficient (Wildman–Crippen LogP) is 2.54. The van der Waals surface area contributed by atoms with Crippen molar-refractivity contribution in [2.75, 3.05) is 13.1 Å². The molecule has 1 aromatic heterocycles. The van der Waals surface area contributed by atoms with Crippen LogP contribution < -0.4 is 0 Å². The second kappa shape index (κ2) is 5.65. The Kier molecular flexibility index (Phi) is 4.17. The Bertz CT molecular complexity index is 412. The van der Waals surface area contributed by atoms with Gasteiger partial charge >= 0.3 is 0 Å². The van der Waals surface area contributed by atoms with Crippen LogP contribution in [0.2, 0.25) is 0 Å². The zero-order chi connectivity index (χ0) is 13.1. The molecule has 0 radical (unpaired) electrons. The molecule has 1 atom stereocenters. The number of likely N-dealkylation sites (tertiary alicyclic amines) is 1. The lowest BCUT2D eigenvalue weighted by Gasteiger charge is -2.35. The minimum absolute atomic E-state index is 0.0301. The SMILES string of the molecule is CC(=O)c1cc(CC2CCCN(C(C)C)C2)on1. The number of aromatic nitrogens is 1. The van der Waals surface area contributed by atoms with Gasteiger partial charge in [0.15, 0.2) is 5.78 Å². The molecular formula is C14H22N2O2. The van der Waals surface area contributed by atoms with E-state index >= 15 is 0 Å². The lowest BCUT2D eigenvalue weighted by Crippen LogP contribution is -2.40. The van der Waals surface area contributed by atoms with Crippen LogP contribution in [0.4, 0.5) is 0 Å². The van der Waals surface area contributed by atoms with Crippen molar-refractivity contribution in [2.24, 2.45) is 5.92 Å². The summed E-state index contributed by atoms with van der Waals surface area (Å²) in [5.74, 6) is 1.43. The first-order valence-corrected chi connectivity index (χ1v) is 6.77. The molecule has 2 rings (SSSR count). The molecule has 4 nitrogen and oxygen atoms in total. The number of carbonyl (C=O) groups excluding carboxylic acids is 1. The van der Waals surface area contributed by atoms with Gasteiger partial charge in [0, 0.05) is 32.0 Å². The summed E-state index contributed by atoms with van der Waals surface area (Å²) in [6, 6.07) is 2.40. The summed E-state index contributed by atoms with van der Waals surface area (Å²) in [6.07, 6.45) is 3.37. The van der Waals surface area contributed by atoms with Gasteiger partial charge in [-0.25, -0.2) is 0 Å². The topological polar surface area (TPSA) is 46.3 Å². The van der Waals surface area contributed by atoms with Crippen molar-refractivity contribution in [3.8, 4) is 0 Å². The van der Waals surface area contributed by atoms with E-state index in [0.717, 1.165) is 18.7 Å². The molecule has 0 aliphatic carbocycles. The van der Waals surface area contributed by atoms with Gasteiger partial charge < -0.3 is 9.42 Å².